The van der Waals surface area contributed by atoms with Gasteiger partial charge in [0.1, 0.15) is 30.2 Å². The maximum absolute atomic E-state index is 12.7. The van der Waals surface area contributed by atoms with Crippen molar-refractivity contribution in [2.24, 2.45) is 17.2 Å². The number of carbonyl (C=O) groups excluding carboxylic acids is 3. The molecule has 0 spiro atoms. The molecular weight excluding hydrogens is 908 g/mol. The molecule has 0 fully saturated rings. The summed E-state index contributed by atoms with van der Waals surface area (Å²) >= 11 is 2.07. The van der Waals surface area contributed by atoms with Gasteiger partial charge < -0.3 is 63.6 Å². The zero-order valence-electron chi connectivity index (χ0n) is 33.1. The smallest absolute Gasteiger partial charge is 0.321 e. The third-order valence-corrected chi connectivity index (χ3v) is 11.7. The molecule has 1 aliphatic heterocycles. The van der Waals surface area contributed by atoms with Gasteiger partial charge in [-0.3, -0.25) is 53.1 Å². The van der Waals surface area contributed by atoms with Crippen molar-refractivity contribution in [3.05, 3.63) is 29.6 Å². The first-order chi connectivity index (χ1) is 28.4. The van der Waals surface area contributed by atoms with E-state index < -0.39 is 75.8 Å². The van der Waals surface area contributed by atoms with E-state index >= 15 is 0 Å². The van der Waals surface area contributed by atoms with Crippen LogP contribution in [0, 0.1) is 0 Å². The molecule has 1 aromatic heterocycles. The number of thioether (sulfide) groups is 3. The number of amides is 3. The number of nitrogens with zero attached hydrogens (tertiary/aromatic N) is 4. The molecular formula is C34H54MnN10O13S3. The summed E-state index contributed by atoms with van der Waals surface area (Å²) in [5.74, 6) is -6.58. The van der Waals surface area contributed by atoms with Gasteiger partial charge in [0.05, 0.1) is 11.4 Å². The largest absolute Gasteiger partial charge is 0.480 e. The van der Waals surface area contributed by atoms with Crippen LogP contribution in [-0.2, 0) is 54.1 Å². The van der Waals surface area contributed by atoms with Gasteiger partial charge in [-0.1, -0.05) is 41.4 Å². The number of carbonyl (C=O) groups is 8. The Morgan fingerprint density at radius 3 is 1.30 bits per heavy atom. The Morgan fingerprint density at radius 1 is 0.590 bits per heavy atom. The molecule has 343 valence electrons. The van der Waals surface area contributed by atoms with Crippen molar-refractivity contribution >= 4 is 80.8 Å². The van der Waals surface area contributed by atoms with E-state index in [4.69, 9.17) is 37.5 Å². The Bertz CT molecular complexity index is 1550. The van der Waals surface area contributed by atoms with E-state index in [0.29, 0.717) is 47.9 Å². The maximum Gasteiger partial charge on any atom is 0.321 e. The molecule has 27 heteroatoms. The number of carboxylic acids is 5. The molecule has 2 heterocycles. The average molecular weight is 962 g/mol. The summed E-state index contributed by atoms with van der Waals surface area (Å²) in [6.45, 7) is 1.56. The minimum Gasteiger partial charge on any atom is -0.480 e. The monoisotopic (exact) mass is 961 g/mol. The quantitative estimate of drug-likeness (QED) is 0.0446. The topological polar surface area (TPSA) is 374 Å². The molecule has 0 aliphatic carbocycles. The van der Waals surface area contributed by atoms with Crippen LogP contribution >= 0.6 is 35.3 Å². The Hall–Kier alpha value is -3.76. The molecule has 2 bridgehead atoms. The summed E-state index contributed by atoms with van der Waals surface area (Å²) in [5.41, 5.74) is 17.4. The molecule has 2 rings (SSSR count). The fourth-order valence-electron chi connectivity index (χ4n) is 5.59. The van der Waals surface area contributed by atoms with Crippen LogP contribution in [0.3, 0.4) is 0 Å². The van der Waals surface area contributed by atoms with E-state index in [9.17, 15) is 48.6 Å². The zero-order valence-corrected chi connectivity index (χ0v) is 36.7. The second kappa shape index (κ2) is 29.5. The maximum atomic E-state index is 12.7. The van der Waals surface area contributed by atoms with Gasteiger partial charge in [0, 0.05) is 93.2 Å². The van der Waals surface area contributed by atoms with E-state index in [0.717, 1.165) is 11.8 Å². The molecule has 3 amide bonds. The van der Waals surface area contributed by atoms with Crippen molar-refractivity contribution in [2.45, 2.75) is 62.6 Å². The third-order valence-electron chi connectivity index (χ3n) is 8.88. The fraction of sp³-hybridized carbons (Fsp3) is 0.618. The van der Waals surface area contributed by atoms with Crippen molar-refractivity contribution in [1.29, 1.82) is 0 Å². The van der Waals surface area contributed by atoms with Crippen LogP contribution in [0.15, 0.2) is 18.2 Å². The standard InChI is InChI=1S/C34H54N10O13S3.Mn/c35-22(27(45)46)17-58-32(55)38-7-2-10-42-11-13-43(25(30(51)52)5-8-39-33(56)59-18-23(36)28(47)48)15-20-3-1-4-21(41-20)16-44(14-12-42)26(31(53)54)6-9-40-34(57)60-19-24(37)29(49)50;/h1,3-4,22-26H,2,5-19,35-37H2,(H,38,55)(H,39,56)(H,40,57)(H,45,46)(H,47,48)(H,49,50)(H,51,52)(H,53,54);/t22-,23-,24?,25?,26?;/m0./s1. The number of hydrogen-bond acceptors (Lipinski definition) is 18. The summed E-state index contributed by atoms with van der Waals surface area (Å²) in [6.07, 6.45) is 0.376. The van der Waals surface area contributed by atoms with E-state index in [1.165, 1.54) is 0 Å². The number of hydrogen-bond donors (Lipinski definition) is 11. The molecule has 61 heavy (non-hydrogen) atoms. The first kappa shape index (κ1) is 55.3. The summed E-state index contributed by atoms with van der Waals surface area (Å²) < 4.78 is 0. The van der Waals surface area contributed by atoms with Crippen LogP contribution in [0.25, 0.3) is 0 Å². The van der Waals surface area contributed by atoms with E-state index in [-0.39, 0.29) is 106 Å². The Morgan fingerprint density at radius 2 is 0.951 bits per heavy atom. The van der Waals surface area contributed by atoms with Crippen LogP contribution in [0.2, 0.25) is 0 Å². The Labute approximate surface area is 374 Å². The van der Waals surface area contributed by atoms with Crippen molar-refractivity contribution < 1.29 is 81.0 Å². The molecule has 1 aliphatic rings. The van der Waals surface area contributed by atoms with Gasteiger partial charge in [-0.05, 0) is 37.9 Å². The number of aliphatic carboxylic acids is 5. The number of nitrogens with one attached hydrogen (secondary N) is 3. The van der Waals surface area contributed by atoms with Crippen molar-refractivity contribution in [1.82, 2.24) is 35.6 Å². The van der Waals surface area contributed by atoms with Crippen LogP contribution < -0.4 is 33.2 Å². The van der Waals surface area contributed by atoms with Crippen molar-refractivity contribution in [2.75, 3.05) is 69.6 Å². The summed E-state index contributed by atoms with van der Waals surface area (Å²) in [7, 11) is 0. The normalized spacial score (nSPS) is 16.4. The Kier molecular flexibility index (Phi) is 26.7. The Balaban J connectivity index is 0.0000186. The van der Waals surface area contributed by atoms with Gasteiger partial charge in [0.2, 0.25) is 0 Å². The number of rotatable bonds is 23. The molecule has 5 atom stereocenters. The number of fused-ring (bicyclic) bond motifs is 2. The van der Waals surface area contributed by atoms with Gasteiger partial charge in [-0.25, -0.2) is 0 Å². The van der Waals surface area contributed by atoms with Gasteiger partial charge in [0.15, 0.2) is 0 Å². The number of pyridine rings is 1. The van der Waals surface area contributed by atoms with E-state index in [1.54, 1.807) is 28.0 Å². The number of nitrogens with two attached hydrogens (primary N) is 3. The van der Waals surface area contributed by atoms with Gasteiger partial charge in [-0.2, -0.15) is 0 Å². The minimum absolute atomic E-state index is 0. The summed E-state index contributed by atoms with van der Waals surface area (Å²) in [5, 5.41) is 53.9. The third kappa shape index (κ3) is 22.2. The van der Waals surface area contributed by atoms with Gasteiger partial charge in [-0.15, -0.1) is 0 Å². The van der Waals surface area contributed by atoms with E-state index in [2.05, 4.69) is 16.0 Å². The molecule has 0 aromatic carbocycles. The van der Waals surface area contributed by atoms with Crippen molar-refractivity contribution in [3.63, 3.8) is 0 Å². The predicted octanol–water partition coefficient (Wildman–Crippen LogP) is -1.36. The molecule has 1 aromatic rings. The van der Waals surface area contributed by atoms with Gasteiger partial charge >= 0.3 is 29.8 Å². The molecule has 0 saturated carbocycles. The molecule has 3 unspecified atom stereocenters. The predicted molar refractivity (Wildman–Crippen MR) is 223 cm³/mol. The second-order valence-electron chi connectivity index (χ2n) is 13.5. The second-order valence-corrected chi connectivity index (χ2v) is 16.4. The van der Waals surface area contributed by atoms with Crippen LogP contribution in [0.5, 0.6) is 0 Å². The molecule has 0 saturated heterocycles. The summed E-state index contributed by atoms with van der Waals surface area (Å²) in [4.78, 5) is 105. The zero-order chi connectivity index (χ0) is 44.8. The number of aromatic nitrogens is 1. The van der Waals surface area contributed by atoms with Crippen LogP contribution in [0.1, 0.15) is 30.7 Å². The molecule has 14 N–H and O–H groups in total. The minimum atomic E-state index is -1.27. The van der Waals surface area contributed by atoms with Crippen LogP contribution in [0.4, 0.5) is 14.4 Å². The molecule has 1 radical (unpaired) electrons. The summed E-state index contributed by atoms with van der Waals surface area (Å²) in [6, 6.07) is -0.787. The average Bonchev–Trinajstić information content (AvgIpc) is 3.18. The number of carboxylic acid groups (broad SMARTS) is 5. The van der Waals surface area contributed by atoms with E-state index in [1.807, 2.05) is 4.90 Å². The SMILES string of the molecule is NC(CSC(=O)NCCC(C(=O)O)N1CCN(CCCNC(=O)SC[C@H](N)C(=O)O)CCN(C(CCNC(=O)SC[C@H](N)C(=O)O)C(=O)O)Cc2cccc(n2)C1)C(=O)O.[Mn]. The molecule has 23 nitrogen and oxygen atoms in total. The van der Waals surface area contributed by atoms with Crippen molar-refractivity contribution in [3.8, 4) is 0 Å². The first-order valence-electron chi connectivity index (χ1n) is 18.7. The van der Waals surface area contributed by atoms with Gasteiger partial charge in [0.25, 0.3) is 15.7 Å². The fourth-order valence-corrected chi connectivity index (χ4v) is 7.62. The van der Waals surface area contributed by atoms with Crippen LogP contribution in [-0.4, -0.2) is 191 Å². The first-order valence-corrected chi connectivity index (χ1v) is 21.6.